The molecule has 4 N–H and O–H groups in total. The monoisotopic (exact) mass is 755 g/mol. The van der Waals surface area contributed by atoms with Crippen LogP contribution in [0.2, 0.25) is 4.34 Å². The van der Waals surface area contributed by atoms with Crippen LogP contribution < -0.4 is 26.0 Å². The van der Waals surface area contributed by atoms with E-state index >= 15 is 0 Å². The molecule has 4 amide bonds. The molecule has 0 aliphatic rings. The fourth-order valence-electron chi connectivity index (χ4n) is 4.59. The summed E-state index contributed by atoms with van der Waals surface area (Å²) in [6.07, 6.45) is -5.23. The molecule has 2 unspecified atom stereocenters. The highest BCUT2D eigenvalue weighted by Crippen LogP contribution is 2.25. The van der Waals surface area contributed by atoms with Gasteiger partial charge in [-0.15, -0.1) is 11.3 Å². The van der Waals surface area contributed by atoms with Gasteiger partial charge in [-0.2, -0.15) is 27.2 Å². The lowest BCUT2D eigenvalue weighted by Gasteiger charge is -2.28. The van der Waals surface area contributed by atoms with Crippen molar-refractivity contribution in [2.45, 2.75) is 50.5 Å². The van der Waals surface area contributed by atoms with E-state index in [0.717, 1.165) is 16.7 Å². The predicted molar refractivity (Wildman–Crippen MR) is 175 cm³/mol. The molecule has 3 rings (SSSR count). The lowest BCUT2D eigenvalue weighted by atomic mass is 9.94. The largest absolute Gasteiger partial charge is 0.497 e. The highest BCUT2D eigenvalue weighted by molar-refractivity contribution is 7.18. The van der Waals surface area contributed by atoms with E-state index < -0.39 is 72.1 Å². The highest BCUT2D eigenvalue weighted by atomic mass is 35.5. The Morgan fingerprint density at radius 2 is 1.59 bits per heavy atom. The molecule has 0 saturated heterocycles. The van der Waals surface area contributed by atoms with E-state index in [2.05, 4.69) is 16.0 Å². The standard InChI is InChI=1S/C33H31ClF5N5O6S/c1-17(2)25(27(45)33(38,39)31(49)41-16-32(35,36)37)43-30(48)26(20-7-9-21(50-3)10-8-20)44-28(46)22(14-18-5-4-6-19(13-18)15-40)42-29(47)23-11-12-24(34)51-23/h4-13,17,22,25-26H,14,16H2,1-3H3,(H,41,49)(H,42,47)(H,43,48)(H,44,46)/t22?,25-,26?/m0/s1. The fourth-order valence-corrected chi connectivity index (χ4v) is 5.53. The van der Waals surface area contributed by atoms with E-state index in [4.69, 9.17) is 16.3 Å². The summed E-state index contributed by atoms with van der Waals surface area (Å²) >= 11 is 6.89. The first kappa shape index (κ1) is 40.4. The number of hydrogen-bond acceptors (Lipinski definition) is 8. The van der Waals surface area contributed by atoms with Gasteiger partial charge in [0, 0.05) is 6.42 Å². The van der Waals surface area contributed by atoms with Gasteiger partial charge in [0.05, 0.1) is 34.0 Å². The number of amides is 4. The molecule has 0 aliphatic heterocycles. The number of benzene rings is 2. The highest BCUT2D eigenvalue weighted by Gasteiger charge is 2.52. The van der Waals surface area contributed by atoms with Crippen LogP contribution in [0.3, 0.4) is 0 Å². The third-order valence-electron chi connectivity index (χ3n) is 7.20. The molecule has 0 saturated carbocycles. The molecule has 2 aromatic carbocycles. The van der Waals surface area contributed by atoms with E-state index in [1.807, 2.05) is 6.07 Å². The molecular formula is C33H31ClF5N5O6S. The van der Waals surface area contributed by atoms with Crippen molar-refractivity contribution in [3.63, 3.8) is 0 Å². The van der Waals surface area contributed by atoms with Crippen LogP contribution in [0, 0.1) is 17.2 Å². The number of nitrogens with zero attached hydrogens (tertiary/aromatic N) is 1. The van der Waals surface area contributed by atoms with Crippen molar-refractivity contribution in [3.05, 3.63) is 86.6 Å². The maximum absolute atomic E-state index is 14.9. The van der Waals surface area contributed by atoms with Crippen LogP contribution in [0.4, 0.5) is 22.0 Å². The molecule has 11 nitrogen and oxygen atoms in total. The minimum absolute atomic E-state index is 0.0629. The SMILES string of the molecule is COc1ccc(C(NC(=O)C(Cc2cccc(C#N)c2)NC(=O)c2ccc(Cl)s2)C(=O)N[C@H](C(=O)C(F)(F)C(=O)NCC(F)(F)F)C(C)C)cc1. The molecule has 0 bridgehead atoms. The number of halogens is 6. The number of ether oxygens (including phenoxy) is 1. The maximum Gasteiger partial charge on any atom is 0.405 e. The Morgan fingerprint density at radius 1 is 0.922 bits per heavy atom. The van der Waals surface area contributed by atoms with Gasteiger partial charge in [0.25, 0.3) is 11.8 Å². The Bertz CT molecular complexity index is 1800. The molecular weight excluding hydrogens is 725 g/mol. The summed E-state index contributed by atoms with van der Waals surface area (Å²) in [5, 5.41) is 17.4. The van der Waals surface area contributed by atoms with Gasteiger partial charge in [-0.1, -0.05) is 49.7 Å². The molecule has 0 fully saturated rings. The number of carbonyl (C=O) groups is 5. The summed E-state index contributed by atoms with van der Waals surface area (Å²) in [5.74, 6) is -13.3. The number of rotatable bonds is 15. The number of nitriles is 1. The molecule has 0 radical (unpaired) electrons. The lowest BCUT2D eigenvalue weighted by Crippen LogP contribution is -2.58. The number of thiophene rings is 1. The lowest BCUT2D eigenvalue weighted by molar-refractivity contribution is -0.165. The van der Waals surface area contributed by atoms with E-state index in [0.29, 0.717) is 11.3 Å². The van der Waals surface area contributed by atoms with Crippen molar-refractivity contribution in [1.29, 1.82) is 5.26 Å². The average Bonchev–Trinajstić information content (AvgIpc) is 3.53. The average molecular weight is 756 g/mol. The van der Waals surface area contributed by atoms with Crippen molar-refractivity contribution >= 4 is 52.3 Å². The van der Waals surface area contributed by atoms with Gasteiger partial charge in [-0.05, 0) is 53.4 Å². The second-order valence-electron chi connectivity index (χ2n) is 11.3. The molecule has 3 aromatic rings. The quantitative estimate of drug-likeness (QED) is 0.131. The summed E-state index contributed by atoms with van der Waals surface area (Å²) in [6.45, 7) is 0.355. The van der Waals surface area contributed by atoms with Crippen LogP contribution in [-0.4, -0.2) is 67.2 Å². The zero-order valence-electron chi connectivity index (χ0n) is 27.1. The molecule has 272 valence electrons. The first-order valence-corrected chi connectivity index (χ1v) is 16.1. The predicted octanol–water partition coefficient (Wildman–Crippen LogP) is 4.50. The van der Waals surface area contributed by atoms with Gasteiger partial charge >= 0.3 is 12.1 Å². The van der Waals surface area contributed by atoms with Crippen LogP contribution in [0.15, 0.2) is 60.7 Å². The zero-order chi connectivity index (χ0) is 38.1. The van der Waals surface area contributed by atoms with Crippen LogP contribution >= 0.6 is 22.9 Å². The van der Waals surface area contributed by atoms with Crippen LogP contribution in [0.25, 0.3) is 0 Å². The molecule has 3 atom stereocenters. The van der Waals surface area contributed by atoms with Crippen molar-refractivity contribution in [2.75, 3.05) is 13.7 Å². The second kappa shape index (κ2) is 17.2. The summed E-state index contributed by atoms with van der Waals surface area (Å²) in [4.78, 5) is 65.8. The van der Waals surface area contributed by atoms with Crippen molar-refractivity contribution < 1.29 is 50.7 Å². The summed E-state index contributed by atoms with van der Waals surface area (Å²) < 4.78 is 72.8. The summed E-state index contributed by atoms with van der Waals surface area (Å²) in [7, 11) is 1.36. The molecule has 0 spiro atoms. The van der Waals surface area contributed by atoms with Gasteiger partial charge in [-0.3, -0.25) is 24.0 Å². The molecule has 1 aromatic heterocycles. The van der Waals surface area contributed by atoms with Crippen molar-refractivity contribution in [3.8, 4) is 11.8 Å². The minimum Gasteiger partial charge on any atom is -0.497 e. The second-order valence-corrected chi connectivity index (χ2v) is 13.0. The topological polar surface area (TPSA) is 166 Å². The minimum atomic E-state index is -5.04. The van der Waals surface area contributed by atoms with Gasteiger partial charge in [0.2, 0.25) is 17.6 Å². The Kier molecular flexibility index (Phi) is 13.6. The number of alkyl halides is 5. The number of methoxy groups -OCH3 is 1. The first-order valence-electron chi connectivity index (χ1n) is 14.9. The summed E-state index contributed by atoms with van der Waals surface area (Å²) in [5.41, 5.74) is 0.764. The normalized spacial score (nSPS) is 13.3. The van der Waals surface area contributed by atoms with Crippen LogP contribution in [-0.2, 0) is 25.6 Å². The van der Waals surface area contributed by atoms with Crippen molar-refractivity contribution in [2.24, 2.45) is 5.92 Å². The van der Waals surface area contributed by atoms with E-state index in [-0.39, 0.29) is 26.8 Å². The van der Waals surface area contributed by atoms with Crippen LogP contribution in [0.5, 0.6) is 5.75 Å². The van der Waals surface area contributed by atoms with Crippen LogP contribution in [0.1, 0.15) is 46.3 Å². The smallest absolute Gasteiger partial charge is 0.405 e. The number of nitrogens with one attached hydrogen (secondary N) is 4. The Labute approximate surface area is 297 Å². The maximum atomic E-state index is 14.9. The first-order chi connectivity index (χ1) is 23.9. The van der Waals surface area contributed by atoms with Crippen molar-refractivity contribution in [1.82, 2.24) is 21.3 Å². The number of Topliss-reactive ketones (excluding diaryl/α,β-unsaturated/α-hetero) is 1. The zero-order valence-corrected chi connectivity index (χ0v) is 28.6. The third-order valence-corrected chi connectivity index (χ3v) is 8.43. The molecule has 51 heavy (non-hydrogen) atoms. The van der Waals surface area contributed by atoms with E-state index in [1.54, 1.807) is 12.1 Å². The van der Waals surface area contributed by atoms with E-state index in [9.17, 15) is 51.2 Å². The number of ketones is 1. The molecule has 1 heterocycles. The Balaban J connectivity index is 1.97. The Hall–Kier alpha value is -5.08. The van der Waals surface area contributed by atoms with Gasteiger partial charge in [0.15, 0.2) is 0 Å². The molecule has 0 aliphatic carbocycles. The van der Waals surface area contributed by atoms with Gasteiger partial charge in [0.1, 0.15) is 24.4 Å². The number of hydrogen-bond donors (Lipinski definition) is 4. The number of carbonyl (C=O) groups excluding carboxylic acids is 5. The van der Waals surface area contributed by atoms with Gasteiger partial charge in [-0.25, -0.2) is 0 Å². The molecule has 18 heteroatoms. The fraction of sp³-hybridized carbons (Fsp3) is 0.333. The third kappa shape index (κ3) is 11.2. The Morgan fingerprint density at radius 3 is 2.14 bits per heavy atom. The van der Waals surface area contributed by atoms with E-state index in [1.165, 1.54) is 69.5 Å². The summed E-state index contributed by atoms with van der Waals surface area (Å²) in [6, 6.07) is 11.3. The van der Waals surface area contributed by atoms with Gasteiger partial charge < -0.3 is 26.0 Å².